The fourth-order valence-corrected chi connectivity index (χ4v) is 2.07. The van der Waals surface area contributed by atoms with Crippen molar-refractivity contribution in [2.24, 2.45) is 0 Å². The van der Waals surface area contributed by atoms with Gasteiger partial charge in [0.15, 0.2) is 0 Å². The normalized spacial score (nSPS) is 10.3. The van der Waals surface area contributed by atoms with Crippen molar-refractivity contribution in [2.75, 3.05) is 24.2 Å². The molecular weight excluding hydrogens is 220 g/mol. The second-order valence-corrected chi connectivity index (χ2v) is 4.69. The fourth-order valence-electron chi connectivity index (χ4n) is 2.07. The number of rotatable bonds is 4. The van der Waals surface area contributed by atoms with E-state index >= 15 is 0 Å². The first-order valence-electron chi connectivity index (χ1n) is 6.28. The summed E-state index contributed by atoms with van der Waals surface area (Å²) >= 11 is 0. The zero-order valence-electron chi connectivity index (χ0n) is 11.1. The molecule has 0 aliphatic heterocycles. The minimum atomic E-state index is 0.815. The summed E-state index contributed by atoms with van der Waals surface area (Å²) in [5.41, 5.74) is 10.6. The molecule has 2 heteroatoms. The van der Waals surface area contributed by atoms with Crippen molar-refractivity contribution >= 4 is 11.4 Å². The SMILES string of the molecule is Cc1ccccc1CCN(C)c1cccc(N)c1. The molecule has 94 valence electrons. The number of anilines is 2. The standard InChI is InChI=1S/C16H20N2/c1-13-6-3-4-7-14(13)10-11-18(2)16-9-5-8-15(17)12-16/h3-9,12H,10-11,17H2,1-2H3. The lowest BCUT2D eigenvalue weighted by Gasteiger charge is -2.20. The largest absolute Gasteiger partial charge is 0.399 e. The van der Waals surface area contributed by atoms with Crippen LogP contribution in [0.25, 0.3) is 0 Å². The van der Waals surface area contributed by atoms with Gasteiger partial charge in [0.25, 0.3) is 0 Å². The minimum absolute atomic E-state index is 0.815. The molecule has 0 amide bonds. The quantitative estimate of drug-likeness (QED) is 0.831. The molecule has 0 radical (unpaired) electrons. The highest BCUT2D eigenvalue weighted by atomic mass is 15.1. The number of nitrogens with zero attached hydrogens (tertiary/aromatic N) is 1. The summed E-state index contributed by atoms with van der Waals surface area (Å²) in [6.07, 6.45) is 1.05. The van der Waals surface area contributed by atoms with Gasteiger partial charge in [0, 0.05) is 25.0 Å². The molecule has 0 bridgehead atoms. The molecule has 0 atom stereocenters. The van der Waals surface area contributed by atoms with E-state index in [0.29, 0.717) is 0 Å². The first kappa shape index (κ1) is 12.5. The molecule has 2 aromatic carbocycles. The van der Waals surface area contributed by atoms with Gasteiger partial charge in [-0.05, 0) is 42.7 Å². The van der Waals surface area contributed by atoms with E-state index in [1.54, 1.807) is 0 Å². The highest BCUT2D eigenvalue weighted by molar-refractivity contribution is 5.55. The molecule has 0 spiro atoms. The van der Waals surface area contributed by atoms with Gasteiger partial charge in [-0.25, -0.2) is 0 Å². The topological polar surface area (TPSA) is 29.3 Å². The van der Waals surface area contributed by atoms with Crippen LogP contribution in [0.15, 0.2) is 48.5 Å². The van der Waals surface area contributed by atoms with Crippen LogP contribution in [0.3, 0.4) is 0 Å². The number of hydrogen-bond donors (Lipinski definition) is 1. The fraction of sp³-hybridized carbons (Fsp3) is 0.250. The van der Waals surface area contributed by atoms with Crippen LogP contribution in [0.2, 0.25) is 0 Å². The van der Waals surface area contributed by atoms with Crippen LogP contribution in [0, 0.1) is 6.92 Å². The Morgan fingerprint density at radius 3 is 2.56 bits per heavy atom. The molecular formula is C16H20N2. The van der Waals surface area contributed by atoms with Crippen molar-refractivity contribution in [3.63, 3.8) is 0 Å². The van der Waals surface area contributed by atoms with E-state index in [0.717, 1.165) is 18.7 Å². The van der Waals surface area contributed by atoms with Crippen molar-refractivity contribution in [3.05, 3.63) is 59.7 Å². The van der Waals surface area contributed by atoms with E-state index in [9.17, 15) is 0 Å². The van der Waals surface area contributed by atoms with Gasteiger partial charge in [0.2, 0.25) is 0 Å². The third kappa shape index (κ3) is 3.04. The Morgan fingerprint density at radius 1 is 1.06 bits per heavy atom. The zero-order valence-corrected chi connectivity index (χ0v) is 11.1. The van der Waals surface area contributed by atoms with Crippen LogP contribution >= 0.6 is 0 Å². The van der Waals surface area contributed by atoms with E-state index in [4.69, 9.17) is 5.73 Å². The van der Waals surface area contributed by atoms with Crippen molar-refractivity contribution in [3.8, 4) is 0 Å². The van der Waals surface area contributed by atoms with E-state index in [1.165, 1.54) is 16.8 Å². The molecule has 2 N–H and O–H groups in total. The van der Waals surface area contributed by atoms with Gasteiger partial charge < -0.3 is 10.6 Å². The molecule has 0 heterocycles. The first-order valence-corrected chi connectivity index (χ1v) is 6.28. The van der Waals surface area contributed by atoms with Gasteiger partial charge in [-0.3, -0.25) is 0 Å². The van der Waals surface area contributed by atoms with Crippen molar-refractivity contribution < 1.29 is 0 Å². The number of aryl methyl sites for hydroxylation is 1. The van der Waals surface area contributed by atoms with Crippen LogP contribution in [0.4, 0.5) is 11.4 Å². The Hall–Kier alpha value is -1.96. The third-order valence-electron chi connectivity index (χ3n) is 3.29. The molecule has 0 aliphatic rings. The monoisotopic (exact) mass is 240 g/mol. The third-order valence-corrected chi connectivity index (χ3v) is 3.29. The van der Waals surface area contributed by atoms with Gasteiger partial charge in [-0.2, -0.15) is 0 Å². The minimum Gasteiger partial charge on any atom is -0.399 e. The lowest BCUT2D eigenvalue weighted by molar-refractivity contribution is 0.872. The average Bonchev–Trinajstić information content (AvgIpc) is 2.37. The molecule has 0 fully saturated rings. The highest BCUT2D eigenvalue weighted by Crippen LogP contribution is 2.17. The Morgan fingerprint density at radius 2 is 1.83 bits per heavy atom. The zero-order chi connectivity index (χ0) is 13.0. The van der Waals surface area contributed by atoms with Crippen LogP contribution in [-0.4, -0.2) is 13.6 Å². The Labute approximate surface area is 109 Å². The maximum atomic E-state index is 5.80. The lowest BCUT2D eigenvalue weighted by Crippen LogP contribution is -2.20. The predicted octanol–water partition coefficient (Wildman–Crippen LogP) is 3.26. The van der Waals surface area contributed by atoms with Gasteiger partial charge in [0.1, 0.15) is 0 Å². The maximum Gasteiger partial charge on any atom is 0.0384 e. The summed E-state index contributed by atoms with van der Waals surface area (Å²) < 4.78 is 0. The summed E-state index contributed by atoms with van der Waals surface area (Å²) in [7, 11) is 2.10. The van der Waals surface area contributed by atoms with Gasteiger partial charge in [0.05, 0.1) is 0 Å². The number of benzene rings is 2. The molecule has 0 saturated carbocycles. The van der Waals surface area contributed by atoms with Gasteiger partial charge in [-0.15, -0.1) is 0 Å². The number of likely N-dealkylation sites (N-methyl/N-ethyl adjacent to an activating group) is 1. The molecule has 18 heavy (non-hydrogen) atoms. The Kier molecular flexibility index (Phi) is 3.88. The van der Waals surface area contributed by atoms with Gasteiger partial charge >= 0.3 is 0 Å². The van der Waals surface area contributed by atoms with Crippen molar-refractivity contribution in [1.82, 2.24) is 0 Å². The highest BCUT2D eigenvalue weighted by Gasteiger charge is 2.03. The molecule has 2 nitrogen and oxygen atoms in total. The van der Waals surface area contributed by atoms with Crippen molar-refractivity contribution in [1.29, 1.82) is 0 Å². The van der Waals surface area contributed by atoms with Crippen molar-refractivity contribution in [2.45, 2.75) is 13.3 Å². The first-order chi connectivity index (χ1) is 8.66. The summed E-state index contributed by atoms with van der Waals surface area (Å²) in [6.45, 7) is 3.16. The molecule has 0 saturated heterocycles. The maximum absolute atomic E-state index is 5.80. The second kappa shape index (κ2) is 5.58. The Balaban J connectivity index is 2.00. The number of nitrogens with two attached hydrogens (primary N) is 1. The molecule has 2 rings (SSSR count). The second-order valence-electron chi connectivity index (χ2n) is 4.69. The van der Waals surface area contributed by atoms with Crippen LogP contribution in [0.5, 0.6) is 0 Å². The summed E-state index contributed by atoms with van der Waals surface area (Å²) in [5.74, 6) is 0. The number of nitrogen functional groups attached to an aromatic ring is 1. The summed E-state index contributed by atoms with van der Waals surface area (Å²) in [5, 5.41) is 0. The number of hydrogen-bond acceptors (Lipinski definition) is 2. The molecule has 2 aromatic rings. The lowest BCUT2D eigenvalue weighted by atomic mass is 10.1. The van der Waals surface area contributed by atoms with E-state index in [-0.39, 0.29) is 0 Å². The summed E-state index contributed by atoms with van der Waals surface area (Å²) in [6, 6.07) is 16.6. The Bertz CT molecular complexity index is 520. The smallest absolute Gasteiger partial charge is 0.0384 e. The summed E-state index contributed by atoms with van der Waals surface area (Å²) in [4.78, 5) is 2.24. The van der Waals surface area contributed by atoms with E-state index in [2.05, 4.69) is 49.2 Å². The van der Waals surface area contributed by atoms with Crippen LogP contribution in [-0.2, 0) is 6.42 Å². The molecule has 0 unspecified atom stereocenters. The van der Waals surface area contributed by atoms with Crippen LogP contribution in [0.1, 0.15) is 11.1 Å². The molecule has 0 aromatic heterocycles. The predicted molar refractivity (Wildman–Crippen MR) is 79.0 cm³/mol. The average molecular weight is 240 g/mol. The molecule has 0 aliphatic carbocycles. The van der Waals surface area contributed by atoms with Gasteiger partial charge in [-0.1, -0.05) is 30.3 Å². The van der Waals surface area contributed by atoms with E-state index < -0.39 is 0 Å². The van der Waals surface area contributed by atoms with E-state index in [1.807, 2.05) is 18.2 Å². The van der Waals surface area contributed by atoms with Crippen LogP contribution < -0.4 is 10.6 Å².